The van der Waals surface area contributed by atoms with Crippen molar-refractivity contribution in [1.82, 2.24) is 10.6 Å². The molecule has 0 aliphatic rings. The van der Waals surface area contributed by atoms with Gasteiger partial charge >= 0.3 is 0 Å². The quantitative estimate of drug-likeness (QED) is 0.248. The van der Waals surface area contributed by atoms with Crippen molar-refractivity contribution in [2.75, 3.05) is 27.3 Å². The standard InChI is InChI=1S/C17H28N4O3.HI/c1-17(2,3)15(22)19-8-9-20-16(18)21-11-12-6-7-13(23-4)14(10-12)24-5;/h6-7,10H,8-9,11H2,1-5H3,(H,19,22)(H3,18,20,21);1H. The van der Waals surface area contributed by atoms with Gasteiger partial charge in [-0.3, -0.25) is 4.79 Å². The fraction of sp³-hybridized carbons (Fsp3) is 0.529. The molecule has 0 bridgehead atoms. The first kappa shape index (κ1) is 23.3. The Morgan fingerprint density at radius 1 is 1.12 bits per heavy atom. The van der Waals surface area contributed by atoms with Gasteiger partial charge in [0.25, 0.3) is 0 Å². The molecule has 7 nitrogen and oxygen atoms in total. The van der Waals surface area contributed by atoms with E-state index in [4.69, 9.17) is 15.2 Å². The molecule has 25 heavy (non-hydrogen) atoms. The van der Waals surface area contributed by atoms with Crippen LogP contribution in [0, 0.1) is 5.41 Å². The maximum Gasteiger partial charge on any atom is 0.225 e. The number of rotatable bonds is 7. The molecular weight excluding hydrogens is 435 g/mol. The summed E-state index contributed by atoms with van der Waals surface area (Å²) in [5.74, 6) is 1.66. The fourth-order valence-corrected chi connectivity index (χ4v) is 1.84. The zero-order valence-electron chi connectivity index (χ0n) is 15.5. The largest absolute Gasteiger partial charge is 0.493 e. The van der Waals surface area contributed by atoms with Crippen LogP contribution < -0.4 is 25.8 Å². The number of carbonyl (C=O) groups is 1. The van der Waals surface area contributed by atoms with E-state index in [0.29, 0.717) is 37.1 Å². The Morgan fingerprint density at radius 3 is 2.28 bits per heavy atom. The van der Waals surface area contributed by atoms with Gasteiger partial charge in [-0.2, -0.15) is 0 Å². The van der Waals surface area contributed by atoms with Crippen molar-refractivity contribution in [1.29, 1.82) is 0 Å². The molecular formula is C17H29IN4O3. The normalized spacial score (nSPS) is 11.3. The van der Waals surface area contributed by atoms with Gasteiger partial charge < -0.3 is 25.8 Å². The van der Waals surface area contributed by atoms with E-state index in [9.17, 15) is 4.79 Å². The number of nitrogens with zero attached hydrogens (tertiary/aromatic N) is 1. The zero-order chi connectivity index (χ0) is 18.2. The van der Waals surface area contributed by atoms with Crippen molar-refractivity contribution in [3.63, 3.8) is 0 Å². The van der Waals surface area contributed by atoms with Gasteiger partial charge in [-0.1, -0.05) is 26.8 Å². The second kappa shape index (κ2) is 11.0. The maximum atomic E-state index is 11.7. The average Bonchev–Trinajstić information content (AvgIpc) is 2.55. The number of aliphatic imine (C=N–C) groups is 1. The van der Waals surface area contributed by atoms with Crippen LogP contribution in [0.3, 0.4) is 0 Å². The minimum atomic E-state index is -0.396. The monoisotopic (exact) mass is 464 g/mol. The highest BCUT2D eigenvalue weighted by molar-refractivity contribution is 14.0. The van der Waals surface area contributed by atoms with E-state index < -0.39 is 5.41 Å². The van der Waals surface area contributed by atoms with Gasteiger partial charge in [-0.25, -0.2) is 4.99 Å². The van der Waals surface area contributed by atoms with Crippen LogP contribution >= 0.6 is 24.0 Å². The number of benzene rings is 1. The molecule has 1 aromatic rings. The molecule has 0 radical (unpaired) electrons. The molecule has 1 amide bonds. The third-order valence-electron chi connectivity index (χ3n) is 3.28. The molecule has 0 saturated heterocycles. The number of halogens is 1. The summed E-state index contributed by atoms with van der Waals surface area (Å²) in [5, 5.41) is 5.81. The lowest BCUT2D eigenvalue weighted by molar-refractivity contribution is -0.128. The van der Waals surface area contributed by atoms with E-state index in [2.05, 4.69) is 15.6 Å². The van der Waals surface area contributed by atoms with Crippen LogP contribution in [0.25, 0.3) is 0 Å². The summed E-state index contributed by atoms with van der Waals surface area (Å²) in [5.41, 5.74) is 6.38. The van der Waals surface area contributed by atoms with Crippen LogP contribution in [0.1, 0.15) is 26.3 Å². The van der Waals surface area contributed by atoms with Crippen molar-refractivity contribution in [3.05, 3.63) is 23.8 Å². The Bertz CT molecular complexity index is 586. The zero-order valence-corrected chi connectivity index (χ0v) is 17.8. The van der Waals surface area contributed by atoms with Gasteiger partial charge in [0, 0.05) is 18.5 Å². The van der Waals surface area contributed by atoms with Gasteiger partial charge in [-0.15, -0.1) is 24.0 Å². The van der Waals surface area contributed by atoms with Crippen LogP contribution in [-0.2, 0) is 11.3 Å². The molecule has 142 valence electrons. The highest BCUT2D eigenvalue weighted by Crippen LogP contribution is 2.27. The number of nitrogens with two attached hydrogens (primary N) is 1. The van der Waals surface area contributed by atoms with Gasteiger partial charge in [-0.05, 0) is 17.7 Å². The number of hydrogen-bond acceptors (Lipinski definition) is 4. The second-order valence-corrected chi connectivity index (χ2v) is 6.32. The fourth-order valence-electron chi connectivity index (χ4n) is 1.84. The number of hydrogen-bond donors (Lipinski definition) is 3. The van der Waals surface area contributed by atoms with Crippen molar-refractivity contribution in [2.45, 2.75) is 27.3 Å². The Balaban J connectivity index is 0.00000576. The summed E-state index contributed by atoms with van der Waals surface area (Å²) in [6.07, 6.45) is 0. The number of amides is 1. The number of guanidine groups is 1. The summed E-state index contributed by atoms with van der Waals surface area (Å²) in [7, 11) is 3.18. The summed E-state index contributed by atoms with van der Waals surface area (Å²) >= 11 is 0. The van der Waals surface area contributed by atoms with Crippen molar-refractivity contribution >= 4 is 35.8 Å². The Kier molecular flexibility index (Phi) is 10.3. The highest BCUT2D eigenvalue weighted by atomic mass is 127. The molecule has 4 N–H and O–H groups in total. The van der Waals surface area contributed by atoms with Gasteiger partial charge in [0.1, 0.15) is 0 Å². The molecule has 0 heterocycles. The van der Waals surface area contributed by atoms with Gasteiger partial charge in [0.2, 0.25) is 5.91 Å². The van der Waals surface area contributed by atoms with E-state index in [1.807, 2.05) is 39.0 Å². The first-order valence-electron chi connectivity index (χ1n) is 7.81. The minimum absolute atomic E-state index is 0. The molecule has 1 rings (SSSR count). The van der Waals surface area contributed by atoms with Crippen molar-refractivity contribution in [3.8, 4) is 11.5 Å². The molecule has 0 saturated carbocycles. The van der Waals surface area contributed by atoms with Crippen LogP contribution in [0.5, 0.6) is 11.5 Å². The van der Waals surface area contributed by atoms with Crippen LogP contribution in [0.4, 0.5) is 0 Å². The predicted molar refractivity (Wildman–Crippen MR) is 111 cm³/mol. The number of ether oxygens (including phenoxy) is 2. The number of nitrogens with one attached hydrogen (secondary N) is 2. The molecule has 0 atom stereocenters. The number of methoxy groups -OCH3 is 2. The molecule has 0 aliphatic heterocycles. The lowest BCUT2D eigenvalue weighted by Gasteiger charge is -2.17. The molecule has 8 heteroatoms. The molecule has 0 aromatic heterocycles. The minimum Gasteiger partial charge on any atom is -0.493 e. The van der Waals surface area contributed by atoms with E-state index >= 15 is 0 Å². The van der Waals surface area contributed by atoms with E-state index in [1.165, 1.54) is 0 Å². The van der Waals surface area contributed by atoms with Crippen LogP contribution in [0.15, 0.2) is 23.2 Å². The summed E-state index contributed by atoms with van der Waals surface area (Å²) in [6, 6.07) is 5.59. The lowest BCUT2D eigenvalue weighted by Crippen LogP contribution is -2.41. The van der Waals surface area contributed by atoms with Crippen molar-refractivity contribution in [2.24, 2.45) is 16.1 Å². The SMILES string of the molecule is COc1ccc(CN=C(N)NCCNC(=O)C(C)(C)C)cc1OC.I. The van der Waals surface area contributed by atoms with E-state index in [0.717, 1.165) is 5.56 Å². The maximum absolute atomic E-state index is 11.7. The smallest absolute Gasteiger partial charge is 0.225 e. The summed E-state index contributed by atoms with van der Waals surface area (Å²) < 4.78 is 10.4. The molecule has 0 fully saturated rings. The Hall–Kier alpha value is -1.71. The molecule has 0 unspecified atom stereocenters. The molecule has 0 aliphatic carbocycles. The van der Waals surface area contributed by atoms with Crippen LogP contribution in [0.2, 0.25) is 0 Å². The van der Waals surface area contributed by atoms with Gasteiger partial charge in [0.05, 0.1) is 20.8 Å². The lowest BCUT2D eigenvalue weighted by atomic mass is 9.96. The summed E-state index contributed by atoms with van der Waals surface area (Å²) in [6.45, 7) is 7.04. The van der Waals surface area contributed by atoms with E-state index in [-0.39, 0.29) is 29.9 Å². The highest BCUT2D eigenvalue weighted by Gasteiger charge is 2.20. The second-order valence-electron chi connectivity index (χ2n) is 6.32. The first-order chi connectivity index (χ1) is 11.3. The Labute approximate surface area is 166 Å². The van der Waals surface area contributed by atoms with E-state index in [1.54, 1.807) is 14.2 Å². The Morgan fingerprint density at radius 2 is 1.72 bits per heavy atom. The third-order valence-corrected chi connectivity index (χ3v) is 3.28. The molecule has 0 spiro atoms. The summed E-state index contributed by atoms with van der Waals surface area (Å²) in [4.78, 5) is 16.0. The third kappa shape index (κ3) is 8.28. The van der Waals surface area contributed by atoms with Crippen LogP contribution in [-0.4, -0.2) is 39.2 Å². The topological polar surface area (TPSA) is 98.0 Å². The molecule has 1 aromatic carbocycles. The van der Waals surface area contributed by atoms with Gasteiger partial charge in [0.15, 0.2) is 17.5 Å². The predicted octanol–water partition coefficient (Wildman–Crippen LogP) is 1.89. The first-order valence-corrected chi connectivity index (χ1v) is 7.81. The average molecular weight is 464 g/mol. The number of carbonyl (C=O) groups excluding carboxylic acids is 1. The van der Waals surface area contributed by atoms with Crippen molar-refractivity contribution < 1.29 is 14.3 Å².